The molecule has 0 aliphatic carbocycles. The smallest absolute Gasteiger partial charge is 0.189 e. The van der Waals surface area contributed by atoms with E-state index >= 15 is 0 Å². The molecule has 0 radical (unpaired) electrons. The Morgan fingerprint density at radius 3 is 1.91 bits per heavy atom. The molecule has 2 rings (SSSR count). The molecule has 6 heteroatoms. The largest absolute Gasteiger partial charge is 0.331 e. The van der Waals surface area contributed by atoms with Gasteiger partial charge in [-0.1, -0.05) is 18.2 Å². The fourth-order valence-corrected chi connectivity index (χ4v) is 2.32. The van der Waals surface area contributed by atoms with Gasteiger partial charge >= 0.3 is 0 Å². The van der Waals surface area contributed by atoms with E-state index in [1.807, 2.05) is 43.3 Å². The molecule has 0 aliphatic rings. The van der Waals surface area contributed by atoms with E-state index in [-0.39, 0.29) is 0 Å². The quantitative estimate of drug-likeness (QED) is 0.491. The number of hydrogen-bond acceptors (Lipinski definition) is 2. The van der Waals surface area contributed by atoms with Gasteiger partial charge in [-0.3, -0.25) is 10.9 Å². The number of thiocarbonyl (C=S) groups is 2. The zero-order valence-corrected chi connectivity index (χ0v) is 15.0. The second kappa shape index (κ2) is 7.89. The van der Waals surface area contributed by atoms with Crippen LogP contribution in [-0.4, -0.2) is 10.2 Å². The second-order valence-corrected chi connectivity index (χ2v) is 6.14. The van der Waals surface area contributed by atoms with Crippen LogP contribution in [0.3, 0.4) is 0 Å². The number of anilines is 2. The van der Waals surface area contributed by atoms with E-state index in [9.17, 15) is 0 Å². The molecule has 0 amide bonds. The number of rotatable bonds is 2. The molecule has 0 saturated heterocycles. The minimum Gasteiger partial charge on any atom is -0.331 e. The second-order valence-electron chi connectivity index (χ2n) is 5.33. The maximum atomic E-state index is 5.24. The van der Waals surface area contributed by atoms with Crippen molar-refractivity contribution < 1.29 is 0 Å². The lowest BCUT2D eigenvalue weighted by molar-refractivity contribution is 0.885. The van der Waals surface area contributed by atoms with E-state index in [4.69, 9.17) is 24.4 Å². The molecule has 4 N–H and O–H groups in total. The van der Waals surface area contributed by atoms with Crippen LogP contribution in [0.15, 0.2) is 42.5 Å². The van der Waals surface area contributed by atoms with Crippen LogP contribution in [0.25, 0.3) is 0 Å². The first-order chi connectivity index (χ1) is 10.9. The zero-order valence-electron chi connectivity index (χ0n) is 13.4. The molecule has 4 nitrogen and oxygen atoms in total. The molecule has 0 aliphatic heterocycles. The Morgan fingerprint density at radius 2 is 1.35 bits per heavy atom. The standard InChI is InChI=1S/C17H20N4S2/c1-11-5-4-6-14(9-11)18-16(22)20-21-17(23)19-15-8-7-12(2)13(3)10-15/h4-10H,1-3H3,(H2,18,20,22)(H2,19,21,23). The van der Waals surface area contributed by atoms with Gasteiger partial charge in [0.1, 0.15) is 0 Å². The third-order valence-electron chi connectivity index (χ3n) is 3.33. The topological polar surface area (TPSA) is 48.1 Å². The molecule has 2 aromatic rings. The average Bonchev–Trinajstić information content (AvgIpc) is 2.49. The first-order valence-corrected chi connectivity index (χ1v) is 8.03. The van der Waals surface area contributed by atoms with E-state index in [1.54, 1.807) is 0 Å². The Bertz CT molecular complexity index is 728. The van der Waals surface area contributed by atoms with Gasteiger partial charge in [-0.15, -0.1) is 0 Å². The van der Waals surface area contributed by atoms with Gasteiger partial charge in [-0.05, 0) is 86.2 Å². The average molecular weight is 345 g/mol. The van der Waals surface area contributed by atoms with E-state index < -0.39 is 0 Å². The van der Waals surface area contributed by atoms with Gasteiger partial charge in [-0.25, -0.2) is 0 Å². The molecule has 2 aromatic carbocycles. The predicted molar refractivity (Wildman–Crippen MR) is 106 cm³/mol. The highest BCUT2D eigenvalue weighted by Gasteiger charge is 2.01. The van der Waals surface area contributed by atoms with Crippen LogP contribution in [0.1, 0.15) is 16.7 Å². The Balaban J connectivity index is 1.81. The molecule has 23 heavy (non-hydrogen) atoms. The van der Waals surface area contributed by atoms with Crippen molar-refractivity contribution in [1.29, 1.82) is 0 Å². The fourth-order valence-electron chi connectivity index (χ4n) is 1.98. The van der Waals surface area contributed by atoms with Gasteiger partial charge in [0.25, 0.3) is 0 Å². The summed E-state index contributed by atoms with van der Waals surface area (Å²) in [6, 6.07) is 14.1. The van der Waals surface area contributed by atoms with Gasteiger partial charge in [-0.2, -0.15) is 0 Å². The van der Waals surface area contributed by atoms with Crippen LogP contribution in [0.2, 0.25) is 0 Å². The lowest BCUT2D eigenvalue weighted by Gasteiger charge is -2.15. The Hall–Kier alpha value is -2.18. The summed E-state index contributed by atoms with van der Waals surface area (Å²) in [7, 11) is 0. The lowest BCUT2D eigenvalue weighted by atomic mass is 10.1. The normalized spacial score (nSPS) is 9.87. The van der Waals surface area contributed by atoms with Crippen molar-refractivity contribution in [1.82, 2.24) is 10.9 Å². The minimum atomic E-state index is 0.444. The molecule has 0 heterocycles. The first kappa shape index (κ1) is 17.2. The summed E-state index contributed by atoms with van der Waals surface area (Å²) in [6.45, 7) is 6.17. The summed E-state index contributed by atoms with van der Waals surface area (Å²) >= 11 is 10.5. The van der Waals surface area contributed by atoms with Crippen LogP contribution in [0, 0.1) is 20.8 Å². The molecular formula is C17H20N4S2. The summed E-state index contributed by atoms with van der Waals surface area (Å²) < 4.78 is 0. The molecule has 0 aromatic heterocycles. The van der Waals surface area contributed by atoms with Gasteiger partial charge < -0.3 is 10.6 Å². The Labute approximate surface area is 147 Å². The van der Waals surface area contributed by atoms with E-state index in [2.05, 4.69) is 41.4 Å². The molecule has 0 spiro atoms. The van der Waals surface area contributed by atoms with Gasteiger partial charge in [0.2, 0.25) is 0 Å². The maximum Gasteiger partial charge on any atom is 0.189 e. The molecule has 0 fully saturated rings. The van der Waals surface area contributed by atoms with Crippen molar-refractivity contribution in [2.45, 2.75) is 20.8 Å². The van der Waals surface area contributed by atoms with Crippen LogP contribution < -0.4 is 21.5 Å². The van der Waals surface area contributed by atoms with Crippen molar-refractivity contribution in [3.8, 4) is 0 Å². The summed E-state index contributed by atoms with van der Waals surface area (Å²) in [5.41, 5.74) is 11.2. The fraction of sp³-hybridized carbons (Fsp3) is 0.176. The summed E-state index contributed by atoms with van der Waals surface area (Å²) in [4.78, 5) is 0. The van der Waals surface area contributed by atoms with E-state index in [0.29, 0.717) is 10.2 Å². The minimum absolute atomic E-state index is 0.444. The molecular weight excluding hydrogens is 324 g/mol. The summed E-state index contributed by atoms with van der Waals surface area (Å²) in [6.07, 6.45) is 0. The van der Waals surface area contributed by atoms with Crippen LogP contribution in [0.4, 0.5) is 11.4 Å². The highest BCUT2D eigenvalue weighted by atomic mass is 32.1. The van der Waals surface area contributed by atoms with Crippen molar-refractivity contribution in [3.05, 3.63) is 59.2 Å². The molecule has 0 unspecified atom stereocenters. The maximum absolute atomic E-state index is 5.24. The van der Waals surface area contributed by atoms with Crippen molar-refractivity contribution in [3.63, 3.8) is 0 Å². The number of aryl methyl sites for hydroxylation is 3. The van der Waals surface area contributed by atoms with Crippen LogP contribution >= 0.6 is 24.4 Å². The summed E-state index contributed by atoms with van der Waals surface area (Å²) in [5.74, 6) is 0. The number of hydrazine groups is 1. The van der Waals surface area contributed by atoms with Crippen LogP contribution in [0.5, 0.6) is 0 Å². The third kappa shape index (κ3) is 5.50. The van der Waals surface area contributed by atoms with Crippen molar-refractivity contribution in [2.24, 2.45) is 0 Å². The third-order valence-corrected chi connectivity index (χ3v) is 3.74. The summed E-state index contributed by atoms with van der Waals surface area (Å²) in [5, 5.41) is 7.09. The Kier molecular flexibility index (Phi) is 5.90. The van der Waals surface area contributed by atoms with Crippen molar-refractivity contribution >= 4 is 46.0 Å². The monoisotopic (exact) mass is 344 g/mol. The van der Waals surface area contributed by atoms with Crippen molar-refractivity contribution in [2.75, 3.05) is 10.6 Å². The predicted octanol–water partition coefficient (Wildman–Crippen LogP) is 3.80. The highest BCUT2D eigenvalue weighted by molar-refractivity contribution is 7.81. The van der Waals surface area contributed by atoms with Gasteiger partial charge in [0, 0.05) is 11.4 Å². The molecule has 0 atom stereocenters. The number of benzene rings is 2. The van der Waals surface area contributed by atoms with E-state index in [0.717, 1.165) is 16.9 Å². The van der Waals surface area contributed by atoms with Gasteiger partial charge in [0.15, 0.2) is 10.2 Å². The highest BCUT2D eigenvalue weighted by Crippen LogP contribution is 2.13. The zero-order chi connectivity index (χ0) is 16.8. The molecule has 120 valence electrons. The number of nitrogens with one attached hydrogen (secondary N) is 4. The van der Waals surface area contributed by atoms with E-state index in [1.165, 1.54) is 11.1 Å². The number of hydrogen-bond donors (Lipinski definition) is 4. The lowest BCUT2D eigenvalue weighted by Crippen LogP contribution is -2.45. The molecule has 0 bridgehead atoms. The SMILES string of the molecule is Cc1cccc(NC(=S)NNC(=S)Nc2ccc(C)c(C)c2)c1. The van der Waals surface area contributed by atoms with Gasteiger partial charge in [0.05, 0.1) is 0 Å². The van der Waals surface area contributed by atoms with Crippen LogP contribution in [-0.2, 0) is 0 Å². The molecule has 0 saturated carbocycles. The Morgan fingerprint density at radius 1 is 0.739 bits per heavy atom. The first-order valence-electron chi connectivity index (χ1n) is 7.22.